The van der Waals surface area contributed by atoms with Gasteiger partial charge in [0.05, 0.1) is 18.0 Å². The number of nitrogens with two attached hydrogens (primary N) is 1. The molecule has 3 N–H and O–H groups in total. The van der Waals surface area contributed by atoms with Crippen LogP contribution in [0.25, 0.3) is 0 Å². The van der Waals surface area contributed by atoms with E-state index in [1.54, 1.807) is 0 Å². The van der Waals surface area contributed by atoms with E-state index >= 15 is 0 Å². The molecule has 136 valence electrons. The third kappa shape index (κ3) is 4.03. The van der Waals surface area contributed by atoms with E-state index < -0.39 is 0 Å². The van der Waals surface area contributed by atoms with Crippen molar-refractivity contribution < 1.29 is 9.59 Å². The van der Waals surface area contributed by atoms with Gasteiger partial charge in [-0.1, -0.05) is 18.2 Å². The van der Waals surface area contributed by atoms with Gasteiger partial charge in [-0.25, -0.2) is 0 Å². The summed E-state index contributed by atoms with van der Waals surface area (Å²) in [4.78, 5) is 26.0. The van der Waals surface area contributed by atoms with Crippen molar-refractivity contribution in [1.82, 2.24) is 10.2 Å². The zero-order valence-corrected chi connectivity index (χ0v) is 15.3. The number of benzene rings is 1. The van der Waals surface area contributed by atoms with Gasteiger partial charge in [0.1, 0.15) is 0 Å². The molecule has 1 aromatic carbocycles. The van der Waals surface area contributed by atoms with Gasteiger partial charge >= 0.3 is 0 Å². The minimum absolute atomic E-state index is 0.00958. The standard InChI is InChI=1S/C20H29N3O2/c1-13(16-8-7-15-5-3-4-6-17(15)11-16)22-20(25)14(2)23-10-9-18(12-23)19(21)24/h7-8,11,13-14,18H,3-6,9-10,12H2,1-2H3,(H2,21,24)(H,22,25)/t13-,14+,18-/m0/s1. The number of nitrogens with one attached hydrogen (secondary N) is 1. The van der Waals surface area contributed by atoms with E-state index in [-0.39, 0.29) is 29.8 Å². The van der Waals surface area contributed by atoms with E-state index in [0.29, 0.717) is 6.54 Å². The maximum Gasteiger partial charge on any atom is 0.237 e. The maximum absolute atomic E-state index is 12.6. The number of aryl methyl sites for hydroxylation is 2. The second-order valence-corrected chi connectivity index (χ2v) is 7.52. The summed E-state index contributed by atoms with van der Waals surface area (Å²) in [5.41, 5.74) is 9.43. The Morgan fingerprint density at radius 2 is 1.92 bits per heavy atom. The van der Waals surface area contributed by atoms with Gasteiger partial charge in [0, 0.05) is 6.54 Å². The molecule has 5 heteroatoms. The molecule has 3 atom stereocenters. The van der Waals surface area contributed by atoms with Crippen molar-refractivity contribution in [3.63, 3.8) is 0 Å². The molecule has 1 aromatic rings. The van der Waals surface area contributed by atoms with E-state index in [4.69, 9.17) is 5.73 Å². The van der Waals surface area contributed by atoms with E-state index in [0.717, 1.165) is 24.9 Å². The lowest BCUT2D eigenvalue weighted by Gasteiger charge is -2.26. The molecule has 0 unspecified atom stereocenters. The van der Waals surface area contributed by atoms with Gasteiger partial charge < -0.3 is 11.1 Å². The number of nitrogens with zero attached hydrogens (tertiary/aromatic N) is 1. The van der Waals surface area contributed by atoms with E-state index in [9.17, 15) is 9.59 Å². The third-order valence-corrected chi connectivity index (χ3v) is 5.78. The lowest BCUT2D eigenvalue weighted by Crippen LogP contribution is -2.45. The molecule has 0 saturated carbocycles. The zero-order chi connectivity index (χ0) is 18.0. The summed E-state index contributed by atoms with van der Waals surface area (Å²) in [6, 6.07) is 6.34. The Bertz CT molecular complexity index is 658. The molecular formula is C20H29N3O2. The summed E-state index contributed by atoms with van der Waals surface area (Å²) in [6.45, 7) is 5.26. The smallest absolute Gasteiger partial charge is 0.237 e. The van der Waals surface area contributed by atoms with Crippen LogP contribution >= 0.6 is 0 Å². The molecule has 2 aliphatic rings. The van der Waals surface area contributed by atoms with Crippen LogP contribution in [0.2, 0.25) is 0 Å². The second kappa shape index (κ2) is 7.56. The molecule has 1 aliphatic heterocycles. The number of amides is 2. The SMILES string of the molecule is C[C@H](NC(=O)[C@@H](C)N1CC[C@H](C(N)=O)C1)c1ccc2c(c1)CCCC2. The van der Waals surface area contributed by atoms with Crippen LogP contribution in [0.15, 0.2) is 18.2 Å². The Morgan fingerprint density at radius 3 is 2.60 bits per heavy atom. The Hall–Kier alpha value is -1.88. The predicted octanol–water partition coefficient (Wildman–Crippen LogP) is 1.94. The number of hydrogen-bond donors (Lipinski definition) is 2. The summed E-state index contributed by atoms with van der Waals surface area (Å²) in [5, 5.41) is 3.13. The highest BCUT2D eigenvalue weighted by Gasteiger charge is 2.32. The summed E-state index contributed by atoms with van der Waals surface area (Å²) in [5.74, 6) is -0.388. The first-order valence-electron chi connectivity index (χ1n) is 9.41. The van der Waals surface area contributed by atoms with Crippen molar-refractivity contribution in [2.45, 2.75) is 58.0 Å². The molecule has 3 rings (SSSR count). The third-order valence-electron chi connectivity index (χ3n) is 5.78. The van der Waals surface area contributed by atoms with E-state index in [2.05, 4.69) is 23.5 Å². The number of carbonyl (C=O) groups is 2. The van der Waals surface area contributed by atoms with Gasteiger partial charge in [0.25, 0.3) is 0 Å². The first kappa shape index (κ1) is 17.9. The van der Waals surface area contributed by atoms with Crippen molar-refractivity contribution >= 4 is 11.8 Å². The summed E-state index contributed by atoms with van der Waals surface area (Å²) in [7, 11) is 0. The van der Waals surface area contributed by atoms with Crippen LogP contribution < -0.4 is 11.1 Å². The van der Waals surface area contributed by atoms with Crippen LogP contribution in [0.5, 0.6) is 0 Å². The molecule has 1 fully saturated rings. The first-order chi connectivity index (χ1) is 12.0. The highest BCUT2D eigenvalue weighted by atomic mass is 16.2. The van der Waals surface area contributed by atoms with Crippen molar-refractivity contribution in [2.75, 3.05) is 13.1 Å². The number of likely N-dealkylation sites (tertiary alicyclic amines) is 1. The van der Waals surface area contributed by atoms with Crippen molar-refractivity contribution in [1.29, 1.82) is 0 Å². The molecule has 0 spiro atoms. The van der Waals surface area contributed by atoms with E-state index in [1.807, 2.05) is 18.7 Å². The fraction of sp³-hybridized carbons (Fsp3) is 0.600. The average molecular weight is 343 g/mol. The van der Waals surface area contributed by atoms with E-state index in [1.165, 1.54) is 30.4 Å². The molecule has 1 saturated heterocycles. The van der Waals surface area contributed by atoms with Crippen LogP contribution in [-0.4, -0.2) is 35.8 Å². The topological polar surface area (TPSA) is 75.4 Å². The van der Waals surface area contributed by atoms with Crippen LogP contribution in [0.4, 0.5) is 0 Å². The normalized spacial score (nSPS) is 22.9. The quantitative estimate of drug-likeness (QED) is 0.858. The van der Waals surface area contributed by atoms with Gasteiger partial charge in [0.15, 0.2) is 0 Å². The van der Waals surface area contributed by atoms with Gasteiger partial charge in [-0.15, -0.1) is 0 Å². The summed E-state index contributed by atoms with van der Waals surface area (Å²) in [6.07, 6.45) is 5.59. The Labute approximate surface area is 150 Å². The van der Waals surface area contributed by atoms with Gasteiger partial charge in [-0.3, -0.25) is 14.5 Å². The number of primary amides is 1. The average Bonchev–Trinajstić information content (AvgIpc) is 3.11. The van der Waals surface area contributed by atoms with Crippen molar-refractivity contribution in [3.8, 4) is 0 Å². The van der Waals surface area contributed by atoms with Gasteiger partial charge in [0.2, 0.25) is 11.8 Å². The summed E-state index contributed by atoms with van der Waals surface area (Å²) < 4.78 is 0. The minimum atomic E-state index is -0.266. The number of carbonyl (C=O) groups excluding carboxylic acids is 2. The molecule has 5 nitrogen and oxygen atoms in total. The predicted molar refractivity (Wildman–Crippen MR) is 98.0 cm³/mol. The second-order valence-electron chi connectivity index (χ2n) is 7.52. The molecule has 0 bridgehead atoms. The molecule has 0 aromatic heterocycles. The van der Waals surface area contributed by atoms with Crippen LogP contribution in [-0.2, 0) is 22.4 Å². The Morgan fingerprint density at radius 1 is 1.20 bits per heavy atom. The fourth-order valence-corrected chi connectivity index (χ4v) is 3.98. The molecule has 0 radical (unpaired) electrons. The lowest BCUT2D eigenvalue weighted by molar-refractivity contribution is -0.127. The molecular weight excluding hydrogens is 314 g/mol. The Kier molecular flexibility index (Phi) is 5.42. The molecule has 1 aliphatic carbocycles. The fourth-order valence-electron chi connectivity index (χ4n) is 3.98. The van der Waals surface area contributed by atoms with Crippen LogP contribution in [0, 0.1) is 5.92 Å². The van der Waals surface area contributed by atoms with Gasteiger partial charge in [-0.05, 0) is 69.2 Å². The largest absolute Gasteiger partial charge is 0.369 e. The number of fused-ring (bicyclic) bond motifs is 1. The van der Waals surface area contributed by atoms with Crippen LogP contribution in [0.3, 0.4) is 0 Å². The Balaban J connectivity index is 1.59. The maximum atomic E-state index is 12.6. The van der Waals surface area contributed by atoms with Gasteiger partial charge in [-0.2, -0.15) is 0 Å². The molecule has 25 heavy (non-hydrogen) atoms. The highest BCUT2D eigenvalue weighted by Crippen LogP contribution is 2.25. The minimum Gasteiger partial charge on any atom is -0.369 e. The summed E-state index contributed by atoms with van der Waals surface area (Å²) >= 11 is 0. The number of rotatable bonds is 5. The van der Waals surface area contributed by atoms with Crippen molar-refractivity contribution in [2.24, 2.45) is 11.7 Å². The highest BCUT2D eigenvalue weighted by molar-refractivity contribution is 5.82. The van der Waals surface area contributed by atoms with Crippen LogP contribution in [0.1, 0.15) is 55.8 Å². The monoisotopic (exact) mass is 343 g/mol. The first-order valence-corrected chi connectivity index (χ1v) is 9.41. The molecule has 2 amide bonds. The van der Waals surface area contributed by atoms with Crippen molar-refractivity contribution in [3.05, 3.63) is 34.9 Å². The zero-order valence-electron chi connectivity index (χ0n) is 15.3. The lowest BCUT2D eigenvalue weighted by atomic mass is 9.89. The number of hydrogen-bond acceptors (Lipinski definition) is 3. The molecule has 1 heterocycles.